The number of nitrogens with one attached hydrogen (secondary N) is 1. The summed E-state index contributed by atoms with van der Waals surface area (Å²) in [5.74, 6) is 2.53. The average Bonchev–Trinajstić information content (AvgIpc) is 2.62. The number of carbonyl (C=O) groups is 2. The minimum Gasteiger partial charge on any atom is -0.345 e. The van der Waals surface area contributed by atoms with Crippen LogP contribution in [0.4, 0.5) is 5.69 Å². The number of carbonyl (C=O) groups excluding carboxylic acids is 2. The van der Waals surface area contributed by atoms with Gasteiger partial charge in [-0.2, -0.15) is 0 Å². The molecule has 2 amide bonds. The molecule has 1 aliphatic rings. The topological polar surface area (TPSA) is 52.7 Å². The molecule has 1 N–H and O–H groups in total. The van der Waals surface area contributed by atoms with E-state index in [-0.39, 0.29) is 11.8 Å². The van der Waals surface area contributed by atoms with Crippen molar-refractivity contribution < 1.29 is 9.59 Å². The Kier molecular flexibility index (Phi) is 7.03. The molecule has 0 bridgehead atoms. The number of terminal acetylenes is 1. The Morgan fingerprint density at radius 1 is 1.16 bits per heavy atom. The van der Waals surface area contributed by atoms with E-state index in [2.05, 4.69) is 16.1 Å². The zero-order valence-corrected chi connectivity index (χ0v) is 15.1. The van der Waals surface area contributed by atoms with E-state index in [0.717, 1.165) is 12.8 Å². The molecule has 1 fully saturated rings. The summed E-state index contributed by atoms with van der Waals surface area (Å²) in [4.78, 5) is 27.9. The quantitative estimate of drug-likeness (QED) is 0.809. The highest BCUT2D eigenvalue weighted by atomic mass is 16.2. The monoisotopic (exact) mass is 341 g/mol. The molecule has 1 aliphatic carbocycles. The van der Waals surface area contributed by atoms with Gasteiger partial charge in [0.25, 0.3) is 5.91 Å². The van der Waals surface area contributed by atoms with Crippen LogP contribution in [0.25, 0.3) is 0 Å². The fraction of sp³-hybridized carbons (Fsp3) is 0.500. The number of anilines is 1. The lowest BCUT2D eigenvalue weighted by molar-refractivity contribution is -0.117. The second-order valence-corrected chi connectivity index (χ2v) is 6.73. The van der Waals surface area contributed by atoms with Crippen LogP contribution in [0.3, 0.4) is 0 Å². The molecule has 0 saturated heterocycles. The number of hydrogen-bond acceptors (Lipinski definition) is 3. The van der Waals surface area contributed by atoms with Crippen molar-refractivity contribution in [3.8, 4) is 12.3 Å². The molecule has 0 spiro atoms. The number of hydrogen-bond donors (Lipinski definition) is 1. The van der Waals surface area contributed by atoms with Crippen molar-refractivity contribution in [2.75, 3.05) is 32.5 Å². The highest BCUT2D eigenvalue weighted by Crippen LogP contribution is 2.22. The van der Waals surface area contributed by atoms with Crippen molar-refractivity contribution in [2.45, 2.75) is 38.1 Å². The average molecular weight is 341 g/mol. The minimum atomic E-state index is -0.0764. The van der Waals surface area contributed by atoms with Crippen LogP contribution in [0.5, 0.6) is 0 Å². The summed E-state index contributed by atoms with van der Waals surface area (Å²) in [7, 11) is 3.42. The van der Waals surface area contributed by atoms with E-state index in [1.165, 1.54) is 24.2 Å². The van der Waals surface area contributed by atoms with Crippen molar-refractivity contribution in [1.29, 1.82) is 0 Å². The van der Waals surface area contributed by atoms with Crippen LogP contribution >= 0.6 is 0 Å². The van der Waals surface area contributed by atoms with Gasteiger partial charge >= 0.3 is 0 Å². The summed E-state index contributed by atoms with van der Waals surface area (Å²) in [5, 5.41) is 2.89. The highest BCUT2D eigenvalue weighted by molar-refractivity contribution is 5.96. The Labute approximate surface area is 150 Å². The Morgan fingerprint density at radius 3 is 2.36 bits per heavy atom. The molecule has 1 saturated carbocycles. The molecule has 25 heavy (non-hydrogen) atoms. The summed E-state index contributed by atoms with van der Waals surface area (Å²) in [6.45, 7) is 0.793. The third-order valence-corrected chi connectivity index (χ3v) is 4.55. The molecule has 0 atom stereocenters. The van der Waals surface area contributed by atoms with Crippen molar-refractivity contribution >= 4 is 17.5 Å². The zero-order valence-electron chi connectivity index (χ0n) is 15.1. The molecule has 0 aliphatic heterocycles. The second kappa shape index (κ2) is 9.24. The Hall–Kier alpha value is -2.32. The summed E-state index contributed by atoms with van der Waals surface area (Å²) in [6.07, 6.45) is 11.4. The molecule has 5 nitrogen and oxygen atoms in total. The highest BCUT2D eigenvalue weighted by Gasteiger charge is 2.22. The Morgan fingerprint density at radius 2 is 1.80 bits per heavy atom. The molecule has 5 heteroatoms. The summed E-state index contributed by atoms with van der Waals surface area (Å²) >= 11 is 0. The van der Waals surface area contributed by atoms with Crippen LogP contribution < -0.4 is 5.32 Å². The summed E-state index contributed by atoms with van der Waals surface area (Å²) < 4.78 is 0. The second-order valence-electron chi connectivity index (χ2n) is 6.73. The van der Waals surface area contributed by atoms with Gasteiger partial charge < -0.3 is 10.2 Å². The Balaban J connectivity index is 1.93. The molecule has 1 aromatic rings. The molecule has 0 radical (unpaired) electrons. The molecule has 134 valence electrons. The summed E-state index contributed by atoms with van der Waals surface area (Å²) in [5.41, 5.74) is 1.28. The lowest BCUT2D eigenvalue weighted by Gasteiger charge is -2.32. The van der Waals surface area contributed by atoms with Gasteiger partial charge in [-0.3, -0.25) is 14.5 Å². The SMILES string of the molecule is C#CCN(CC(=O)Nc1ccc(C(=O)N(C)C)cc1)C1CCCCC1. The number of amides is 2. The van der Waals surface area contributed by atoms with Crippen LogP contribution in [-0.4, -0.2) is 54.8 Å². The molecule has 0 aromatic heterocycles. The van der Waals surface area contributed by atoms with E-state index >= 15 is 0 Å². The van der Waals surface area contributed by atoms with E-state index in [4.69, 9.17) is 6.42 Å². The van der Waals surface area contributed by atoms with Gasteiger partial charge in [-0.15, -0.1) is 6.42 Å². The lowest BCUT2D eigenvalue weighted by atomic mass is 9.94. The maximum absolute atomic E-state index is 12.4. The first-order chi connectivity index (χ1) is 12.0. The first-order valence-corrected chi connectivity index (χ1v) is 8.80. The van der Waals surface area contributed by atoms with E-state index < -0.39 is 0 Å². The van der Waals surface area contributed by atoms with Gasteiger partial charge in [-0.1, -0.05) is 25.2 Å². The van der Waals surface area contributed by atoms with Gasteiger partial charge in [0.05, 0.1) is 13.1 Å². The molecule has 2 rings (SSSR count). The smallest absolute Gasteiger partial charge is 0.253 e. The van der Waals surface area contributed by atoms with Crippen molar-refractivity contribution in [3.05, 3.63) is 29.8 Å². The predicted octanol–water partition coefficient (Wildman–Crippen LogP) is 2.59. The zero-order chi connectivity index (χ0) is 18.2. The van der Waals surface area contributed by atoms with Crippen molar-refractivity contribution in [3.63, 3.8) is 0 Å². The van der Waals surface area contributed by atoms with Crippen molar-refractivity contribution in [2.24, 2.45) is 0 Å². The van der Waals surface area contributed by atoms with Gasteiger partial charge in [-0.25, -0.2) is 0 Å². The van der Waals surface area contributed by atoms with Gasteiger partial charge in [-0.05, 0) is 37.1 Å². The van der Waals surface area contributed by atoms with Crippen LogP contribution in [0.1, 0.15) is 42.5 Å². The van der Waals surface area contributed by atoms with E-state index in [9.17, 15) is 9.59 Å². The van der Waals surface area contributed by atoms with E-state index in [0.29, 0.717) is 30.4 Å². The molecular weight excluding hydrogens is 314 g/mol. The van der Waals surface area contributed by atoms with Crippen LogP contribution in [0, 0.1) is 12.3 Å². The van der Waals surface area contributed by atoms with Crippen LogP contribution in [0.2, 0.25) is 0 Å². The first-order valence-electron chi connectivity index (χ1n) is 8.80. The van der Waals surface area contributed by atoms with Gasteiger partial charge in [0.1, 0.15) is 0 Å². The first kappa shape index (κ1) is 19.0. The Bertz CT molecular complexity index is 625. The van der Waals surface area contributed by atoms with Crippen LogP contribution in [-0.2, 0) is 4.79 Å². The maximum Gasteiger partial charge on any atom is 0.253 e. The number of rotatable bonds is 6. The summed E-state index contributed by atoms with van der Waals surface area (Å²) in [6, 6.07) is 7.34. The molecule has 0 heterocycles. The molecule has 1 aromatic carbocycles. The standard InChI is InChI=1S/C20H27N3O2/c1-4-14-23(18-8-6-5-7-9-18)15-19(24)21-17-12-10-16(11-13-17)20(25)22(2)3/h1,10-13,18H,5-9,14-15H2,2-3H3,(H,21,24). The molecular formula is C20H27N3O2. The normalized spacial score (nSPS) is 14.8. The predicted molar refractivity (Wildman–Crippen MR) is 100 cm³/mol. The van der Waals surface area contributed by atoms with Gasteiger partial charge in [0, 0.05) is 31.4 Å². The maximum atomic E-state index is 12.4. The largest absolute Gasteiger partial charge is 0.345 e. The van der Waals surface area contributed by atoms with Gasteiger partial charge in [0.15, 0.2) is 0 Å². The molecule has 0 unspecified atom stereocenters. The fourth-order valence-electron chi connectivity index (χ4n) is 3.22. The van der Waals surface area contributed by atoms with E-state index in [1.807, 2.05) is 0 Å². The minimum absolute atomic E-state index is 0.0598. The fourth-order valence-corrected chi connectivity index (χ4v) is 3.22. The third kappa shape index (κ3) is 5.61. The third-order valence-electron chi connectivity index (χ3n) is 4.55. The number of nitrogens with zero attached hydrogens (tertiary/aromatic N) is 2. The number of benzene rings is 1. The van der Waals surface area contributed by atoms with Gasteiger partial charge in [0.2, 0.25) is 5.91 Å². The van der Waals surface area contributed by atoms with Crippen LogP contribution in [0.15, 0.2) is 24.3 Å². The van der Waals surface area contributed by atoms with Crippen molar-refractivity contribution in [1.82, 2.24) is 9.80 Å². The lowest BCUT2D eigenvalue weighted by Crippen LogP contribution is -2.42. The van der Waals surface area contributed by atoms with E-state index in [1.54, 1.807) is 38.4 Å².